The van der Waals surface area contributed by atoms with Crippen LogP contribution in [0.3, 0.4) is 0 Å². The van der Waals surface area contributed by atoms with Gasteiger partial charge in [-0.25, -0.2) is 0 Å². The molecule has 0 spiro atoms. The van der Waals surface area contributed by atoms with E-state index in [0.29, 0.717) is 0 Å². The van der Waals surface area contributed by atoms with E-state index in [1.165, 1.54) is 115 Å². The highest BCUT2D eigenvalue weighted by atomic mass is 32.1. The zero-order valence-electron chi connectivity index (χ0n) is 38.4. The molecule has 0 N–H and O–H groups in total. The molecule has 2 aliphatic heterocycles. The van der Waals surface area contributed by atoms with E-state index in [-0.39, 0.29) is 17.7 Å². The summed E-state index contributed by atoms with van der Waals surface area (Å²) in [7, 11) is 0. The number of hydrogen-bond donors (Lipinski definition) is 0. The van der Waals surface area contributed by atoms with Crippen LogP contribution in [-0.4, -0.2) is 6.85 Å². The van der Waals surface area contributed by atoms with Crippen molar-refractivity contribution >= 4 is 77.7 Å². The lowest BCUT2D eigenvalue weighted by atomic mass is 9.43. The molecule has 318 valence electrons. The number of benzene rings is 9. The van der Waals surface area contributed by atoms with Crippen molar-refractivity contribution in [2.24, 2.45) is 0 Å². The van der Waals surface area contributed by atoms with E-state index in [1.807, 2.05) is 11.3 Å². The Kier molecular flexibility index (Phi) is 9.31. The summed E-state index contributed by atoms with van der Waals surface area (Å²) in [6.07, 6.45) is 0. The smallest absolute Gasteiger partial charge is 0.333 e. The number of nitrogens with zero attached hydrogens (tertiary/aromatic N) is 2. The lowest BCUT2D eigenvalue weighted by Crippen LogP contribution is -2.61. The van der Waals surface area contributed by atoms with Gasteiger partial charge in [0.2, 0.25) is 0 Å². The third kappa shape index (κ3) is 6.53. The Bertz CT molecular complexity index is 3490. The monoisotopic (exact) mass is 866 g/mol. The Balaban J connectivity index is 1.25. The first-order chi connectivity index (χ1) is 32.0. The molecule has 0 aliphatic carbocycles. The van der Waals surface area contributed by atoms with Gasteiger partial charge in [-0.05, 0) is 121 Å². The van der Waals surface area contributed by atoms with Gasteiger partial charge < -0.3 is 9.71 Å². The minimum atomic E-state index is -0.120. The lowest BCUT2D eigenvalue weighted by molar-refractivity contribution is 0.590. The molecule has 2 aliphatic rings. The summed E-state index contributed by atoms with van der Waals surface area (Å²) in [6, 6.07) is 75.5. The summed E-state index contributed by atoms with van der Waals surface area (Å²) < 4.78 is 2.60. The van der Waals surface area contributed by atoms with Crippen molar-refractivity contribution < 1.29 is 0 Å². The van der Waals surface area contributed by atoms with E-state index >= 15 is 0 Å². The van der Waals surface area contributed by atoms with Gasteiger partial charge in [-0.1, -0.05) is 187 Å². The summed E-state index contributed by atoms with van der Waals surface area (Å²) >= 11 is 1.92. The molecule has 0 radical (unpaired) electrons. The van der Waals surface area contributed by atoms with E-state index in [1.54, 1.807) is 0 Å². The zero-order valence-corrected chi connectivity index (χ0v) is 39.2. The van der Waals surface area contributed by atoms with Gasteiger partial charge in [0.25, 0.3) is 0 Å². The third-order valence-electron chi connectivity index (χ3n) is 14.0. The Morgan fingerprint density at radius 2 is 1.00 bits per heavy atom. The first-order valence-corrected chi connectivity index (χ1v) is 24.1. The summed E-state index contributed by atoms with van der Waals surface area (Å²) in [5, 5.41) is 2.59. The van der Waals surface area contributed by atoms with E-state index < -0.39 is 0 Å². The normalized spacial score (nSPS) is 13.2. The maximum Gasteiger partial charge on any atom is 0.333 e. The van der Waals surface area contributed by atoms with Gasteiger partial charge in [-0.2, -0.15) is 0 Å². The second-order valence-corrected chi connectivity index (χ2v) is 21.2. The fraction of sp³-hybridized carbons (Fsp3) is 0.129. The predicted molar refractivity (Wildman–Crippen MR) is 287 cm³/mol. The summed E-state index contributed by atoms with van der Waals surface area (Å²) in [5.41, 5.74) is 21.0. The highest BCUT2D eigenvalue weighted by Crippen LogP contribution is 2.53. The molecule has 0 amide bonds. The van der Waals surface area contributed by atoms with Crippen LogP contribution in [0.25, 0.3) is 64.7 Å². The van der Waals surface area contributed by atoms with Crippen molar-refractivity contribution in [2.45, 2.75) is 52.4 Å². The van der Waals surface area contributed by atoms with Gasteiger partial charge in [-0.3, -0.25) is 0 Å². The van der Waals surface area contributed by atoms with Crippen molar-refractivity contribution in [3.8, 4) is 44.5 Å². The van der Waals surface area contributed by atoms with Gasteiger partial charge >= 0.3 is 6.85 Å². The average Bonchev–Trinajstić information content (AvgIpc) is 3.73. The van der Waals surface area contributed by atoms with Crippen LogP contribution in [0.4, 0.5) is 28.4 Å². The molecule has 0 saturated carbocycles. The molecule has 0 atom stereocenters. The molecule has 0 unspecified atom stereocenters. The van der Waals surface area contributed by atoms with Crippen molar-refractivity contribution in [3.63, 3.8) is 0 Å². The highest BCUT2D eigenvalue weighted by molar-refractivity contribution is 7.26. The van der Waals surface area contributed by atoms with E-state index in [2.05, 4.69) is 251 Å². The van der Waals surface area contributed by atoms with Gasteiger partial charge in [0.15, 0.2) is 0 Å². The van der Waals surface area contributed by atoms with Crippen molar-refractivity contribution in [2.75, 3.05) is 9.71 Å². The lowest BCUT2D eigenvalue weighted by Gasteiger charge is -2.46. The maximum absolute atomic E-state index is 2.66. The van der Waals surface area contributed by atoms with E-state index in [9.17, 15) is 0 Å². The number of fused-ring (bicyclic) bond motifs is 8. The third-order valence-corrected chi connectivity index (χ3v) is 15.2. The van der Waals surface area contributed by atoms with Crippen LogP contribution in [0.1, 0.15) is 52.7 Å². The summed E-state index contributed by atoms with van der Waals surface area (Å²) in [4.78, 5) is 5.32. The minimum Gasteiger partial charge on any atom is -0.376 e. The van der Waals surface area contributed by atoms with Gasteiger partial charge in [0, 0.05) is 43.7 Å². The molecule has 3 heterocycles. The second kappa shape index (κ2) is 15.2. The largest absolute Gasteiger partial charge is 0.376 e. The Morgan fingerprint density at radius 1 is 0.409 bits per heavy atom. The molecule has 12 rings (SSSR count). The standard InChI is InChI=1S/C62H51BN2S/c1-61(2,3)45-27-30-47(31-28-45)65-55-34-26-43(40-18-10-7-11-19-40)36-51(55)52-37-44(41-20-12-8-13-21-41)38-56-58(52)63(65)53-33-32-49-48-24-16-17-25-57(48)66-60(49)59(53)64(56)54-35-29-46(62(4,5)6)39-50(54)42-22-14-9-15-23-42/h7-39H,1-6H3. The van der Waals surface area contributed by atoms with E-state index in [0.717, 1.165) is 0 Å². The first kappa shape index (κ1) is 40.4. The van der Waals surface area contributed by atoms with Gasteiger partial charge in [0.1, 0.15) is 0 Å². The van der Waals surface area contributed by atoms with Crippen LogP contribution < -0.4 is 20.6 Å². The van der Waals surface area contributed by atoms with Crippen LogP contribution >= 0.6 is 11.3 Å². The molecule has 10 aromatic rings. The van der Waals surface area contributed by atoms with Crippen LogP contribution in [-0.2, 0) is 10.8 Å². The Morgan fingerprint density at radius 3 is 1.68 bits per heavy atom. The Hall–Kier alpha value is -7.14. The van der Waals surface area contributed by atoms with Gasteiger partial charge in [0.05, 0.1) is 16.1 Å². The number of anilines is 5. The fourth-order valence-corrected chi connectivity index (χ4v) is 11.8. The second-order valence-electron chi connectivity index (χ2n) is 20.2. The van der Waals surface area contributed by atoms with Crippen LogP contribution in [0.5, 0.6) is 0 Å². The molecule has 2 nitrogen and oxygen atoms in total. The Labute approximate surface area is 393 Å². The molecular weight excluding hydrogens is 816 g/mol. The predicted octanol–water partition coefficient (Wildman–Crippen LogP) is 16.4. The summed E-state index contributed by atoms with van der Waals surface area (Å²) in [5.74, 6) is 0. The molecule has 4 heteroatoms. The molecule has 0 fully saturated rings. The molecule has 0 bridgehead atoms. The molecular formula is C62H51BN2S. The average molecular weight is 867 g/mol. The maximum atomic E-state index is 2.66. The topological polar surface area (TPSA) is 6.48 Å². The number of thiophene rings is 1. The SMILES string of the molecule is CC(C)(C)c1ccc(N2B3c4ccc5c(sc6ccccc65)c4N(c4ccc(C(C)(C)C)cc4-c4ccccc4)c4cc(-c5ccccc5)cc(c43)-c3cc(-c4ccccc4)ccc32)cc1. The van der Waals surface area contributed by atoms with Crippen molar-refractivity contribution in [3.05, 3.63) is 211 Å². The van der Waals surface area contributed by atoms with Crippen molar-refractivity contribution in [1.29, 1.82) is 0 Å². The first-order valence-electron chi connectivity index (χ1n) is 23.3. The van der Waals surface area contributed by atoms with Crippen LogP contribution in [0.2, 0.25) is 0 Å². The molecule has 66 heavy (non-hydrogen) atoms. The zero-order chi connectivity index (χ0) is 44.9. The fourth-order valence-electron chi connectivity index (χ4n) is 10.5. The highest BCUT2D eigenvalue weighted by Gasteiger charge is 2.46. The van der Waals surface area contributed by atoms with Crippen LogP contribution in [0, 0.1) is 0 Å². The minimum absolute atomic E-state index is 0.0280. The van der Waals surface area contributed by atoms with Gasteiger partial charge in [-0.15, -0.1) is 11.3 Å². The quantitative estimate of drug-likeness (QED) is 0.159. The van der Waals surface area contributed by atoms with Crippen LogP contribution in [0.15, 0.2) is 200 Å². The molecule has 9 aromatic carbocycles. The number of hydrogen-bond acceptors (Lipinski definition) is 3. The number of rotatable bonds is 5. The van der Waals surface area contributed by atoms with E-state index in [4.69, 9.17) is 0 Å². The van der Waals surface area contributed by atoms with Crippen molar-refractivity contribution in [1.82, 2.24) is 0 Å². The molecule has 1 aromatic heterocycles. The summed E-state index contributed by atoms with van der Waals surface area (Å²) in [6.45, 7) is 13.7. The molecule has 0 saturated heterocycles.